The summed E-state index contributed by atoms with van der Waals surface area (Å²) in [6.07, 6.45) is -3.44. The number of alkyl halides is 3. The van der Waals surface area contributed by atoms with Crippen LogP contribution in [0.5, 0.6) is 11.5 Å². The van der Waals surface area contributed by atoms with Gasteiger partial charge in [-0.2, -0.15) is 13.2 Å². The van der Waals surface area contributed by atoms with Crippen molar-refractivity contribution in [1.29, 1.82) is 0 Å². The van der Waals surface area contributed by atoms with Crippen LogP contribution in [0.25, 0.3) is 0 Å². The Morgan fingerprint density at radius 3 is 2.57 bits per heavy atom. The lowest BCUT2D eigenvalue weighted by Crippen LogP contribution is -2.40. The third-order valence-corrected chi connectivity index (χ3v) is 4.11. The van der Waals surface area contributed by atoms with Crippen molar-refractivity contribution in [2.24, 2.45) is 4.99 Å². The van der Waals surface area contributed by atoms with Gasteiger partial charge in [0, 0.05) is 51.6 Å². The van der Waals surface area contributed by atoms with Crippen molar-refractivity contribution in [1.82, 2.24) is 20.2 Å². The Bertz CT molecular complexity index is 860. The van der Waals surface area contributed by atoms with Gasteiger partial charge in [-0.05, 0) is 18.2 Å². The summed E-state index contributed by atoms with van der Waals surface area (Å²) < 4.78 is 48.7. The third-order valence-electron chi connectivity index (χ3n) is 4.11. The molecule has 0 spiro atoms. The van der Waals surface area contributed by atoms with Gasteiger partial charge in [0.05, 0.1) is 14.2 Å². The number of hydrogen-bond donors (Lipinski definition) is 2. The molecular formula is C19H25F3N6O2. The zero-order chi connectivity index (χ0) is 22.1. The second-order valence-electron chi connectivity index (χ2n) is 6.20. The molecule has 8 nitrogen and oxygen atoms in total. The average Bonchev–Trinajstić information content (AvgIpc) is 2.73. The van der Waals surface area contributed by atoms with Crippen LogP contribution in [-0.4, -0.2) is 62.2 Å². The van der Waals surface area contributed by atoms with Crippen LogP contribution in [0.3, 0.4) is 0 Å². The summed E-state index contributed by atoms with van der Waals surface area (Å²) >= 11 is 0. The van der Waals surface area contributed by atoms with E-state index in [-0.39, 0.29) is 5.95 Å². The van der Waals surface area contributed by atoms with E-state index in [9.17, 15) is 13.2 Å². The van der Waals surface area contributed by atoms with Crippen LogP contribution in [0.4, 0.5) is 19.1 Å². The first-order valence-electron chi connectivity index (χ1n) is 9.05. The van der Waals surface area contributed by atoms with Crippen LogP contribution in [0, 0.1) is 0 Å². The monoisotopic (exact) mass is 426 g/mol. The smallest absolute Gasteiger partial charge is 0.433 e. The van der Waals surface area contributed by atoms with Crippen molar-refractivity contribution >= 4 is 11.9 Å². The van der Waals surface area contributed by atoms with E-state index in [2.05, 4.69) is 25.6 Å². The Morgan fingerprint density at radius 1 is 1.17 bits per heavy atom. The molecule has 2 rings (SSSR count). The van der Waals surface area contributed by atoms with E-state index in [4.69, 9.17) is 9.47 Å². The van der Waals surface area contributed by atoms with E-state index in [1.54, 1.807) is 27.3 Å². The molecule has 1 heterocycles. The van der Waals surface area contributed by atoms with Crippen molar-refractivity contribution in [2.75, 3.05) is 46.7 Å². The van der Waals surface area contributed by atoms with Crippen molar-refractivity contribution in [3.05, 3.63) is 41.7 Å². The summed E-state index contributed by atoms with van der Waals surface area (Å²) in [6, 6.07) is 6.39. The van der Waals surface area contributed by atoms with Gasteiger partial charge in [0.2, 0.25) is 5.95 Å². The Labute approximate surface area is 173 Å². The molecule has 30 heavy (non-hydrogen) atoms. The van der Waals surface area contributed by atoms with Gasteiger partial charge in [-0.3, -0.25) is 4.99 Å². The number of methoxy groups -OCH3 is 2. The molecule has 11 heteroatoms. The maximum atomic E-state index is 12.7. The molecule has 0 aliphatic rings. The number of nitrogens with one attached hydrogen (secondary N) is 2. The number of benzene rings is 1. The predicted molar refractivity (Wildman–Crippen MR) is 108 cm³/mol. The lowest BCUT2D eigenvalue weighted by atomic mass is 10.2. The standard InChI is InChI=1S/C19H25F3N6O2/c1-23-18(28(2)12-13-5-6-14(29-3)11-15(13)30-4)26-10-9-25-17-24-8-7-16(27-17)19(20,21)22/h5-8,11H,9-10,12H2,1-4H3,(H,23,26)(H,24,25,27). The summed E-state index contributed by atoms with van der Waals surface area (Å²) in [5, 5.41) is 5.90. The number of rotatable bonds is 8. The van der Waals surface area contributed by atoms with Gasteiger partial charge in [-0.1, -0.05) is 0 Å². The van der Waals surface area contributed by atoms with E-state index in [0.29, 0.717) is 37.1 Å². The van der Waals surface area contributed by atoms with Gasteiger partial charge in [0.1, 0.15) is 17.2 Å². The molecule has 1 aromatic heterocycles. The summed E-state index contributed by atoms with van der Waals surface area (Å²) in [5.74, 6) is 1.92. The van der Waals surface area contributed by atoms with Crippen LogP contribution >= 0.6 is 0 Å². The maximum Gasteiger partial charge on any atom is 0.433 e. The number of ether oxygens (including phenoxy) is 2. The summed E-state index contributed by atoms with van der Waals surface area (Å²) in [5.41, 5.74) is -0.0452. The predicted octanol–water partition coefficient (Wildman–Crippen LogP) is 2.63. The van der Waals surface area contributed by atoms with Gasteiger partial charge >= 0.3 is 6.18 Å². The van der Waals surface area contributed by atoms with Crippen molar-refractivity contribution in [3.63, 3.8) is 0 Å². The van der Waals surface area contributed by atoms with E-state index in [0.717, 1.165) is 17.8 Å². The molecule has 0 bridgehead atoms. The summed E-state index contributed by atoms with van der Waals surface area (Å²) in [7, 11) is 6.69. The molecule has 0 amide bonds. The minimum Gasteiger partial charge on any atom is -0.497 e. The van der Waals surface area contributed by atoms with Crippen LogP contribution < -0.4 is 20.1 Å². The van der Waals surface area contributed by atoms with E-state index in [1.807, 2.05) is 24.1 Å². The molecule has 164 valence electrons. The molecule has 0 saturated heterocycles. The molecule has 0 aliphatic carbocycles. The van der Waals surface area contributed by atoms with Crippen LogP contribution in [0.2, 0.25) is 0 Å². The fourth-order valence-electron chi connectivity index (χ4n) is 2.65. The molecule has 0 unspecified atom stereocenters. The second-order valence-corrected chi connectivity index (χ2v) is 6.20. The highest BCUT2D eigenvalue weighted by molar-refractivity contribution is 5.79. The van der Waals surface area contributed by atoms with Crippen molar-refractivity contribution in [2.45, 2.75) is 12.7 Å². The Hall–Kier alpha value is -3.24. The molecule has 0 aliphatic heterocycles. The minimum absolute atomic E-state index is 0.0852. The van der Waals surface area contributed by atoms with E-state index in [1.165, 1.54) is 0 Å². The first kappa shape index (κ1) is 23.0. The largest absolute Gasteiger partial charge is 0.497 e. The molecule has 0 saturated carbocycles. The van der Waals surface area contributed by atoms with Gasteiger partial charge in [-0.25, -0.2) is 9.97 Å². The van der Waals surface area contributed by atoms with E-state index >= 15 is 0 Å². The fraction of sp³-hybridized carbons (Fsp3) is 0.421. The normalized spacial score (nSPS) is 11.8. The molecule has 1 aromatic carbocycles. The number of hydrogen-bond acceptors (Lipinski definition) is 6. The number of halogens is 3. The molecule has 0 fully saturated rings. The number of aliphatic imine (C=N–C) groups is 1. The minimum atomic E-state index is -4.51. The number of guanidine groups is 1. The zero-order valence-electron chi connectivity index (χ0n) is 17.2. The molecule has 2 N–H and O–H groups in total. The zero-order valence-corrected chi connectivity index (χ0v) is 17.2. The van der Waals surface area contributed by atoms with Crippen molar-refractivity contribution in [3.8, 4) is 11.5 Å². The highest BCUT2D eigenvalue weighted by atomic mass is 19.4. The molecule has 0 radical (unpaired) electrons. The average molecular weight is 426 g/mol. The first-order valence-corrected chi connectivity index (χ1v) is 9.05. The molecule has 2 aromatic rings. The van der Waals surface area contributed by atoms with Gasteiger partial charge in [-0.15, -0.1) is 0 Å². The lowest BCUT2D eigenvalue weighted by Gasteiger charge is -2.23. The Balaban J connectivity index is 1.89. The quantitative estimate of drug-likeness (QED) is 0.381. The Morgan fingerprint density at radius 2 is 1.93 bits per heavy atom. The third kappa shape index (κ3) is 6.39. The van der Waals surface area contributed by atoms with Crippen LogP contribution in [-0.2, 0) is 12.7 Å². The van der Waals surface area contributed by atoms with Crippen molar-refractivity contribution < 1.29 is 22.6 Å². The molecular weight excluding hydrogens is 401 g/mol. The van der Waals surface area contributed by atoms with E-state index < -0.39 is 11.9 Å². The lowest BCUT2D eigenvalue weighted by molar-refractivity contribution is -0.141. The highest BCUT2D eigenvalue weighted by Gasteiger charge is 2.32. The number of nitrogens with zero attached hydrogens (tertiary/aromatic N) is 4. The maximum absolute atomic E-state index is 12.7. The Kier molecular flexibility index (Phi) is 8.07. The summed E-state index contributed by atoms with van der Waals surface area (Å²) in [6.45, 7) is 1.23. The topological polar surface area (TPSA) is 83.9 Å². The van der Waals surface area contributed by atoms with Gasteiger partial charge in [0.25, 0.3) is 0 Å². The summed E-state index contributed by atoms with van der Waals surface area (Å²) in [4.78, 5) is 13.4. The first-order chi connectivity index (χ1) is 14.3. The second kappa shape index (κ2) is 10.5. The van der Waals surface area contributed by atoms with Crippen LogP contribution in [0.1, 0.15) is 11.3 Å². The highest BCUT2D eigenvalue weighted by Crippen LogP contribution is 2.27. The van der Waals surface area contributed by atoms with Crippen LogP contribution in [0.15, 0.2) is 35.5 Å². The SMILES string of the molecule is CN=C(NCCNc1nccc(C(F)(F)F)n1)N(C)Cc1ccc(OC)cc1OC. The molecule has 0 atom stereocenters. The number of anilines is 1. The van der Waals surface area contributed by atoms with Gasteiger partial charge in [0.15, 0.2) is 5.96 Å². The van der Waals surface area contributed by atoms with Gasteiger partial charge < -0.3 is 25.0 Å². The number of aromatic nitrogens is 2. The fourth-order valence-corrected chi connectivity index (χ4v) is 2.65.